The number of anilines is 1. The van der Waals surface area contributed by atoms with Gasteiger partial charge in [0.25, 0.3) is 0 Å². The molecule has 0 fully saturated rings. The van der Waals surface area contributed by atoms with E-state index in [2.05, 4.69) is 21.6 Å². The summed E-state index contributed by atoms with van der Waals surface area (Å²) < 4.78 is 7.29. The second kappa shape index (κ2) is 9.54. The van der Waals surface area contributed by atoms with Gasteiger partial charge in [-0.05, 0) is 50.3 Å². The van der Waals surface area contributed by atoms with Gasteiger partial charge in [0.2, 0.25) is 5.91 Å². The van der Waals surface area contributed by atoms with Crippen LogP contribution in [-0.4, -0.2) is 33.5 Å². The molecule has 31 heavy (non-hydrogen) atoms. The van der Waals surface area contributed by atoms with E-state index >= 15 is 0 Å². The molecule has 2 heterocycles. The van der Waals surface area contributed by atoms with Gasteiger partial charge in [-0.1, -0.05) is 23.9 Å². The Hall–Kier alpha value is -2.83. The van der Waals surface area contributed by atoms with E-state index in [0.717, 1.165) is 48.4 Å². The molecule has 2 aromatic heterocycles. The van der Waals surface area contributed by atoms with Crippen LogP contribution in [0.1, 0.15) is 35.8 Å². The predicted octanol–water partition coefficient (Wildman–Crippen LogP) is 4.52. The number of amides is 1. The first-order valence-corrected chi connectivity index (χ1v) is 12.0. The highest BCUT2D eigenvalue weighted by atomic mass is 32.2. The normalized spacial score (nSPS) is 12.8. The van der Waals surface area contributed by atoms with Crippen molar-refractivity contribution in [2.45, 2.75) is 44.3 Å². The van der Waals surface area contributed by atoms with Gasteiger partial charge in [-0.3, -0.25) is 4.79 Å². The molecule has 4 rings (SSSR count). The number of aromatic nitrogens is 3. The van der Waals surface area contributed by atoms with E-state index < -0.39 is 0 Å². The van der Waals surface area contributed by atoms with E-state index in [0.29, 0.717) is 22.3 Å². The molecule has 3 aromatic rings. The van der Waals surface area contributed by atoms with Gasteiger partial charge in [-0.25, -0.2) is 0 Å². The lowest BCUT2D eigenvalue weighted by molar-refractivity contribution is -0.113. The number of nitrogens with zero attached hydrogens (tertiary/aromatic N) is 4. The maximum Gasteiger partial charge on any atom is 0.235 e. The highest BCUT2D eigenvalue weighted by Gasteiger charge is 2.22. The summed E-state index contributed by atoms with van der Waals surface area (Å²) in [6, 6.07) is 9.96. The lowest BCUT2D eigenvalue weighted by Gasteiger charge is -2.09. The second-order valence-electron chi connectivity index (χ2n) is 7.15. The number of carbonyl (C=O) groups excluding carboxylic acids is 1. The van der Waals surface area contributed by atoms with Crippen molar-refractivity contribution in [3.05, 3.63) is 40.3 Å². The standard InChI is InChI=1S/C22H23N5O2S2/c1-3-27-20(14-7-6-8-15(11-14)29-2)25-26-22(27)30-13-19(28)24-21-17(12-23)16-9-4-5-10-18(16)31-21/h6-8,11H,3-5,9-10,13H2,1-2H3,(H,24,28). The Kier molecular flexibility index (Phi) is 6.59. The fourth-order valence-electron chi connectivity index (χ4n) is 3.72. The SMILES string of the molecule is CCn1c(SCC(=O)Nc2sc3c(c2C#N)CCCC3)nnc1-c1cccc(OC)c1. The van der Waals surface area contributed by atoms with Crippen molar-refractivity contribution in [3.63, 3.8) is 0 Å². The summed E-state index contributed by atoms with van der Waals surface area (Å²) in [6.07, 6.45) is 4.16. The van der Waals surface area contributed by atoms with Gasteiger partial charge in [0, 0.05) is 17.0 Å². The van der Waals surface area contributed by atoms with Crippen molar-refractivity contribution in [1.82, 2.24) is 14.8 Å². The van der Waals surface area contributed by atoms with Gasteiger partial charge in [0.15, 0.2) is 11.0 Å². The summed E-state index contributed by atoms with van der Waals surface area (Å²) in [5.74, 6) is 1.54. The van der Waals surface area contributed by atoms with Crippen LogP contribution in [0.5, 0.6) is 5.75 Å². The number of hydrogen-bond donors (Lipinski definition) is 1. The number of nitriles is 1. The molecule has 1 aliphatic carbocycles. The summed E-state index contributed by atoms with van der Waals surface area (Å²) in [5, 5.41) is 22.5. The van der Waals surface area contributed by atoms with Crippen LogP contribution in [0.3, 0.4) is 0 Å². The topological polar surface area (TPSA) is 92.8 Å². The van der Waals surface area contributed by atoms with Crippen molar-refractivity contribution in [2.75, 3.05) is 18.2 Å². The van der Waals surface area contributed by atoms with Crippen LogP contribution in [0.25, 0.3) is 11.4 Å². The first-order chi connectivity index (χ1) is 15.1. The van der Waals surface area contributed by atoms with Crippen LogP contribution in [0.2, 0.25) is 0 Å². The summed E-state index contributed by atoms with van der Waals surface area (Å²) in [6.45, 7) is 2.70. The minimum atomic E-state index is -0.145. The first-order valence-electron chi connectivity index (χ1n) is 10.2. The number of rotatable bonds is 7. The molecule has 1 aliphatic rings. The number of thioether (sulfide) groups is 1. The largest absolute Gasteiger partial charge is 0.497 e. The van der Waals surface area contributed by atoms with Crippen molar-refractivity contribution in [1.29, 1.82) is 5.26 Å². The monoisotopic (exact) mass is 453 g/mol. The van der Waals surface area contributed by atoms with Crippen LogP contribution in [0.15, 0.2) is 29.4 Å². The quantitative estimate of drug-likeness (QED) is 0.529. The van der Waals surface area contributed by atoms with Crippen molar-refractivity contribution in [3.8, 4) is 23.2 Å². The number of carbonyl (C=O) groups is 1. The molecule has 160 valence electrons. The lowest BCUT2D eigenvalue weighted by atomic mass is 9.96. The van der Waals surface area contributed by atoms with E-state index in [4.69, 9.17) is 4.74 Å². The number of hydrogen-bond acceptors (Lipinski definition) is 7. The zero-order chi connectivity index (χ0) is 21.8. The van der Waals surface area contributed by atoms with Crippen molar-refractivity contribution < 1.29 is 9.53 Å². The summed E-state index contributed by atoms with van der Waals surface area (Å²) in [4.78, 5) is 13.9. The van der Waals surface area contributed by atoms with E-state index in [1.54, 1.807) is 18.4 Å². The first kappa shape index (κ1) is 21.4. The van der Waals surface area contributed by atoms with Crippen LogP contribution < -0.4 is 10.1 Å². The Morgan fingerprint density at radius 2 is 2.19 bits per heavy atom. The molecule has 0 saturated heterocycles. The van der Waals surface area contributed by atoms with Crippen LogP contribution >= 0.6 is 23.1 Å². The zero-order valence-corrected chi connectivity index (χ0v) is 19.1. The molecule has 1 amide bonds. The predicted molar refractivity (Wildman–Crippen MR) is 123 cm³/mol. The Balaban J connectivity index is 1.46. The molecule has 0 saturated carbocycles. The number of fused-ring (bicyclic) bond motifs is 1. The molecular formula is C22H23N5O2S2. The molecule has 7 nitrogen and oxygen atoms in total. The summed E-state index contributed by atoms with van der Waals surface area (Å²) >= 11 is 2.88. The number of nitrogens with one attached hydrogen (secondary N) is 1. The number of benzene rings is 1. The van der Waals surface area contributed by atoms with Gasteiger partial charge >= 0.3 is 0 Å². The minimum absolute atomic E-state index is 0.145. The Bertz CT molecular complexity index is 1150. The lowest BCUT2D eigenvalue weighted by Crippen LogP contribution is -2.14. The smallest absolute Gasteiger partial charge is 0.235 e. The van der Waals surface area contributed by atoms with Gasteiger partial charge in [0.1, 0.15) is 16.8 Å². The second-order valence-corrected chi connectivity index (χ2v) is 9.19. The Morgan fingerprint density at radius 1 is 1.35 bits per heavy atom. The number of thiophene rings is 1. The Morgan fingerprint density at radius 3 is 2.97 bits per heavy atom. The Labute approximate surface area is 189 Å². The number of ether oxygens (including phenoxy) is 1. The molecule has 0 radical (unpaired) electrons. The third-order valence-electron chi connectivity index (χ3n) is 5.23. The van der Waals surface area contributed by atoms with Gasteiger partial charge in [-0.15, -0.1) is 21.5 Å². The molecule has 9 heteroatoms. The van der Waals surface area contributed by atoms with Gasteiger partial charge in [0.05, 0.1) is 18.4 Å². The third-order valence-corrected chi connectivity index (χ3v) is 7.40. The molecule has 0 atom stereocenters. The molecule has 0 bridgehead atoms. The third kappa shape index (κ3) is 4.45. The van der Waals surface area contributed by atoms with E-state index in [9.17, 15) is 10.1 Å². The molecule has 0 unspecified atom stereocenters. The van der Waals surface area contributed by atoms with E-state index in [1.165, 1.54) is 16.6 Å². The molecule has 0 aliphatic heterocycles. The van der Waals surface area contributed by atoms with Crippen LogP contribution in [0, 0.1) is 11.3 Å². The molecule has 1 N–H and O–H groups in total. The van der Waals surface area contributed by atoms with Gasteiger partial charge in [-0.2, -0.15) is 5.26 Å². The maximum absolute atomic E-state index is 12.6. The van der Waals surface area contributed by atoms with Gasteiger partial charge < -0.3 is 14.6 Å². The average Bonchev–Trinajstić information content (AvgIpc) is 3.37. The molecule has 0 spiro atoms. The highest BCUT2D eigenvalue weighted by molar-refractivity contribution is 7.99. The average molecular weight is 454 g/mol. The fraction of sp³-hybridized carbons (Fsp3) is 0.364. The zero-order valence-electron chi connectivity index (χ0n) is 17.5. The van der Waals surface area contributed by atoms with Crippen molar-refractivity contribution in [2.24, 2.45) is 0 Å². The van der Waals surface area contributed by atoms with E-state index in [-0.39, 0.29) is 11.7 Å². The summed E-state index contributed by atoms with van der Waals surface area (Å²) in [7, 11) is 1.63. The van der Waals surface area contributed by atoms with Crippen molar-refractivity contribution >= 4 is 34.0 Å². The minimum Gasteiger partial charge on any atom is -0.497 e. The van der Waals surface area contributed by atoms with Crippen LogP contribution in [0.4, 0.5) is 5.00 Å². The number of methoxy groups -OCH3 is 1. The number of aryl methyl sites for hydroxylation is 1. The highest BCUT2D eigenvalue weighted by Crippen LogP contribution is 2.37. The fourth-order valence-corrected chi connectivity index (χ4v) is 5.78. The van der Waals surface area contributed by atoms with Crippen LogP contribution in [-0.2, 0) is 24.2 Å². The molecular weight excluding hydrogens is 430 g/mol. The maximum atomic E-state index is 12.6. The van der Waals surface area contributed by atoms with E-state index in [1.807, 2.05) is 35.8 Å². The molecule has 1 aromatic carbocycles. The summed E-state index contributed by atoms with van der Waals surface area (Å²) in [5.41, 5.74) is 2.67.